The van der Waals surface area contributed by atoms with Crippen molar-refractivity contribution in [2.45, 2.75) is 36.1 Å². The third-order valence-corrected chi connectivity index (χ3v) is 4.61. The van der Waals surface area contributed by atoms with E-state index in [1.807, 2.05) is 6.92 Å². The Bertz CT molecular complexity index is 223. The molecule has 2 aliphatic rings. The number of halogens is 3. The fourth-order valence-corrected chi connectivity index (χ4v) is 3.96. The van der Waals surface area contributed by atoms with Crippen LogP contribution in [0.25, 0.3) is 0 Å². The van der Waals surface area contributed by atoms with E-state index in [4.69, 9.17) is 13.0 Å². The van der Waals surface area contributed by atoms with Gasteiger partial charge in [-0.05, 0) is 12.8 Å². The Labute approximate surface area is 81.0 Å². The first kappa shape index (κ1) is 7.14. The van der Waals surface area contributed by atoms with Gasteiger partial charge < -0.3 is 0 Å². The highest BCUT2D eigenvalue weighted by Gasteiger charge is 2.77. The summed E-state index contributed by atoms with van der Waals surface area (Å²) in [7, 11) is 0. The molecule has 2 aliphatic carbocycles. The standard InChI is InChI=1S/C8H11BrClF/c1-7-4-2-3-5(9)6(7)8(7,10)11/h5-6H,2-4H2,1H3/t5-,6?,7-,8-/m0/s1/i5D. The first-order chi connectivity index (χ1) is 5.32. The van der Waals surface area contributed by atoms with E-state index in [1.54, 1.807) is 0 Å². The van der Waals surface area contributed by atoms with Crippen LogP contribution in [0.5, 0.6) is 0 Å². The van der Waals surface area contributed by atoms with E-state index in [0.717, 1.165) is 12.8 Å². The Morgan fingerprint density at radius 3 is 2.91 bits per heavy atom. The summed E-state index contributed by atoms with van der Waals surface area (Å²) in [4.78, 5) is -0.837. The largest absolute Gasteiger partial charge is 0.225 e. The predicted octanol–water partition coefficient (Wildman–Crippen LogP) is 3.47. The third-order valence-electron chi connectivity index (χ3n) is 3.10. The van der Waals surface area contributed by atoms with Gasteiger partial charge in [-0.1, -0.05) is 40.9 Å². The lowest BCUT2D eigenvalue weighted by molar-refractivity contribution is 0.313. The van der Waals surface area contributed by atoms with Gasteiger partial charge >= 0.3 is 0 Å². The Balaban J connectivity index is 2.31. The van der Waals surface area contributed by atoms with Crippen LogP contribution in [0.1, 0.15) is 27.6 Å². The van der Waals surface area contributed by atoms with E-state index in [-0.39, 0.29) is 5.92 Å². The maximum absolute atomic E-state index is 13.7. The van der Waals surface area contributed by atoms with Crippen molar-refractivity contribution in [3.63, 3.8) is 0 Å². The van der Waals surface area contributed by atoms with Crippen LogP contribution in [-0.4, -0.2) is 9.93 Å². The molecule has 0 nitrogen and oxygen atoms in total. The molecule has 2 rings (SSSR count). The van der Waals surface area contributed by atoms with Crippen molar-refractivity contribution in [3.8, 4) is 0 Å². The maximum atomic E-state index is 13.7. The van der Waals surface area contributed by atoms with E-state index in [9.17, 15) is 4.39 Å². The molecule has 0 aromatic rings. The Kier molecular flexibility index (Phi) is 1.39. The van der Waals surface area contributed by atoms with Crippen LogP contribution >= 0.6 is 27.5 Å². The zero-order chi connectivity index (χ0) is 9.20. The minimum Gasteiger partial charge on any atom is -0.225 e. The lowest BCUT2D eigenvalue weighted by atomic mass is 9.90. The summed E-state index contributed by atoms with van der Waals surface area (Å²) in [6.07, 6.45) is 2.40. The first-order valence-corrected chi connectivity index (χ1v) is 5.06. The second-order valence-electron chi connectivity index (χ2n) is 3.77. The monoisotopic (exact) mass is 241 g/mol. The van der Waals surface area contributed by atoms with Gasteiger partial charge in [0, 0.05) is 17.5 Å². The van der Waals surface area contributed by atoms with Crippen molar-refractivity contribution in [1.29, 1.82) is 0 Å². The smallest absolute Gasteiger partial charge is 0.193 e. The molecule has 4 atom stereocenters. The highest BCUT2D eigenvalue weighted by molar-refractivity contribution is 9.09. The second-order valence-corrected chi connectivity index (χ2v) is 5.34. The van der Waals surface area contributed by atoms with E-state index >= 15 is 0 Å². The molecule has 1 unspecified atom stereocenters. The average molecular weight is 243 g/mol. The zero-order valence-corrected chi connectivity index (χ0v) is 8.67. The summed E-state index contributed by atoms with van der Waals surface area (Å²) in [5.74, 6) is -0.340. The van der Waals surface area contributed by atoms with Gasteiger partial charge in [0.1, 0.15) is 0 Å². The molecule has 0 bridgehead atoms. The third kappa shape index (κ3) is 0.859. The number of hydrogen-bond acceptors (Lipinski definition) is 0. The van der Waals surface area contributed by atoms with Gasteiger partial charge in [-0.2, -0.15) is 0 Å². The van der Waals surface area contributed by atoms with Gasteiger partial charge in [-0.3, -0.25) is 0 Å². The van der Waals surface area contributed by atoms with Crippen LogP contribution in [0.3, 0.4) is 0 Å². The molecular weight excluding hydrogens is 230 g/mol. The van der Waals surface area contributed by atoms with Gasteiger partial charge in [0.25, 0.3) is 0 Å². The molecule has 0 amide bonds. The molecule has 0 saturated heterocycles. The minimum atomic E-state index is -1.64. The molecule has 0 aromatic carbocycles. The van der Waals surface area contributed by atoms with Crippen molar-refractivity contribution >= 4 is 27.5 Å². The highest BCUT2D eigenvalue weighted by atomic mass is 79.9. The lowest BCUT2D eigenvalue weighted by Crippen LogP contribution is -2.14. The van der Waals surface area contributed by atoms with Gasteiger partial charge in [0.2, 0.25) is 0 Å². The van der Waals surface area contributed by atoms with Crippen LogP contribution in [-0.2, 0) is 0 Å². The molecule has 0 N–H and O–H groups in total. The van der Waals surface area contributed by atoms with Crippen molar-refractivity contribution in [1.82, 2.24) is 0 Å². The van der Waals surface area contributed by atoms with Gasteiger partial charge in [-0.15, -0.1) is 0 Å². The molecule has 0 heterocycles. The molecule has 0 aliphatic heterocycles. The maximum Gasteiger partial charge on any atom is 0.193 e. The molecule has 2 fully saturated rings. The molecule has 64 valence electrons. The fourth-order valence-electron chi connectivity index (χ4n) is 2.21. The molecule has 2 saturated carbocycles. The molecule has 0 aromatic heterocycles. The summed E-state index contributed by atoms with van der Waals surface area (Å²) in [5, 5.41) is -1.64. The summed E-state index contributed by atoms with van der Waals surface area (Å²) in [5.41, 5.74) is -0.460. The lowest BCUT2D eigenvalue weighted by Gasteiger charge is -2.19. The first-order valence-electron chi connectivity index (χ1n) is 4.39. The van der Waals surface area contributed by atoms with Crippen molar-refractivity contribution in [2.75, 3.05) is 0 Å². The van der Waals surface area contributed by atoms with Gasteiger partial charge in [0.15, 0.2) is 5.13 Å². The van der Waals surface area contributed by atoms with Crippen LogP contribution in [0.2, 0.25) is 0 Å². The average Bonchev–Trinajstić information content (AvgIpc) is 2.26. The quantitative estimate of drug-likeness (QED) is 0.571. The van der Waals surface area contributed by atoms with Gasteiger partial charge in [0.05, 0.1) is 0 Å². The topological polar surface area (TPSA) is 0 Å². The highest BCUT2D eigenvalue weighted by Crippen LogP contribution is 2.74. The zero-order valence-electron chi connectivity index (χ0n) is 7.33. The van der Waals surface area contributed by atoms with Crippen molar-refractivity contribution in [3.05, 3.63) is 0 Å². The second kappa shape index (κ2) is 2.14. The van der Waals surface area contributed by atoms with Crippen LogP contribution < -0.4 is 0 Å². The van der Waals surface area contributed by atoms with E-state index in [1.165, 1.54) is 0 Å². The fraction of sp³-hybridized carbons (Fsp3) is 1.00. The van der Waals surface area contributed by atoms with Gasteiger partial charge in [-0.25, -0.2) is 4.39 Å². The van der Waals surface area contributed by atoms with Crippen LogP contribution in [0.4, 0.5) is 4.39 Å². The predicted molar refractivity (Wildman–Crippen MR) is 47.9 cm³/mol. The number of alkyl halides is 3. The van der Waals surface area contributed by atoms with E-state index in [0.29, 0.717) is 6.42 Å². The van der Waals surface area contributed by atoms with E-state index in [2.05, 4.69) is 15.9 Å². The molecule has 0 radical (unpaired) electrons. The molecular formula is C8H11BrClF. The van der Waals surface area contributed by atoms with Crippen molar-refractivity contribution in [2.24, 2.45) is 11.3 Å². The summed E-state index contributed by atoms with van der Waals surface area (Å²) in [6, 6.07) is 0. The summed E-state index contributed by atoms with van der Waals surface area (Å²) < 4.78 is 21.5. The minimum absolute atomic E-state index is 0.340. The van der Waals surface area contributed by atoms with E-state index < -0.39 is 15.3 Å². The number of rotatable bonds is 0. The number of fused-ring (bicyclic) bond motifs is 1. The summed E-state index contributed by atoms with van der Waals surface area (Å²) >= 11 is 8.98. The Morgan fingerprint density at radius 2 is 2.45 bits per heavy atom. The molecule has 3 heteroatoms. The molecule has 11 heavy (non-hydrogen) atoms. The van der Waals surface area contributed by atoms with Crippen LogP contribution in [0.15, 0.2) is 0 Å². The molecule has 0 spiro atoms. The van der Waals surface area contributed by atoms with Crippen LogP contribution in [0, 0.1) is 11.3 Å². The normalized spacial score (nSPS) is 70.2. The summed E-state index contributed by atoms with van der Waals surface area (Å²) in [6.45, 7) is 1.84. The Morgan fingerprint density at radius 1 is 1.82 bits per heavy atom. The Hall–Kier alpha value is 0.700. The SMILES string of the molecule is [2H][C@]1(Br)CCC[C@@]2(C)C1[C@@]2(F)Cl. The number of hydrogen-bond donors (Lipinski definition) is 0. The van der Waals surface area contributed by atoms with Crippen molar-refractivity contribution < 1.29 is 5.76 Å².